The third-order valence-corrected chi connectivity index (χ3v) is 6.04. The van der Waals surface area contributed by atoms with Gasteiger partial charge >= 0.3 is 0 Å². The van der Waals surface area contributed by atoms with Crippen LogP contribution in [0, 0.1) is 11.6 Å². The number of halogens is 2. The molecule has 0 unspecified atom stereocenters. The standard InChI is InChI=1S/C24H19F2N3O2S/c1-15(22(30)28(2)17-8-4-3-5-9-17)32-24-27-20-11-7-6-10-18(20)23(31)29(24)21-13-12-16(25)14-19(21)26/h3-15H,1-2H3/t15-/m0/s1. The molecule has 162 valence electrons. The second kappa shape index (κ2) is 8.92. The van der Waals surface area contributed by atoms with Gasteiger partial charge in [0.25, 0.3) is 5.56 Å². The summed E-state index contributed by atoms with van der Waals surface area (Å²) >= 11 is 1.04. The Morgan fingerprint density at radius 2 is 1.72 bits per heavy atom. The van der Waals surface area contributed by atoms with Gasteiger partial charge in [-0.3, -0.25) is 14.2 Å². The van der Waals surface area contributed by atoms with Crippen molar-refractivity contribution < 1.29 is 13.6 Å². The first-order valence-corrected chi connectivity index (χ1v) is 10.7. The second-order valence-electron chi connectivity index (χ2n) is 7.14. The van der Waals surface area contributed by atoms with Crippen LogP contribution < -0.4 is 10.5 Å². The topological polar surface area (TPSA) is 55.2 Å². The van der Waals surface area contributed by atoms with E-state index in [9.17, 15) is 18.4 Å². The van der Waals surface area contributed by atoms with Gasteiger partial charge in [0.05, 0.1) is 21.8 Å². The van der Waals surface area contributed by atoms with Gasteiger partial charge in [-0.2, -0.15) is 0 Å². The van der Waals surface area contributed by atoms with Gasteiger partial charge in [0.1, 0.15) is 11.6 Å². The Morgan fingerprint density at radius 1 is 1.03 bits per heavy atom. The number of carbonyl (C=O) groups is 1. The Bertz CT molecular complexity index is 1360. The number of fused-ring (bicyclic) bond motifs is 1. The number of para-hydroxylation sites is 2. The molecule has 0 bridgehead atoms. The zero-order valence-electron chi connectivity index (χ0n) is 17.3. The number of anilines is 1. The largest absolute Gasteiger partial charge is 0.315 e. The molecule has 5 nitrogen and oxygen atoms in total. The maximum Gasteiger partial charge on any atom is 0.266 e. The molecule has 3 aromatic carbocycles. The molecular formula is C24H19F2N3O2S. The number of benzene rings is 3. The molecule has 4 rings (SSSR count). The SMILES string of the molecule is C[C@H](Sc1nc2ccccc2c(=O)n1-c1ccc(F)cc1F)C(=O)N(C)c1ccccc1. The monoisotopic (exact) mass is 451 g/mol. The highest BCUT2D eigenvalue weighted by atomic mass is 32.2. The molecule has 1 aromatic heterocycles. The smallest absolute Gasteiger partial charge is 0.266 e. The Balaban J connectivity index is 1.79. The van der Waals surface area contributed by atoms with Crippen molar-refractivity contribution >= 4 is 34.3 Å². The predicted octanol–water partition coefficient (Wildman–Crippen LogP) is 4.81. The molecule has 1 amide bonds. The first-order chi connectivity index (χ1) is 15.4. The van der Waals surface area contributed by atoms with E-state index in [0.717, 1.165) is 28.1 Å². The molecule has 1 heterocycles. The Hall–Kier alpha value is -3.52. The van der Waals surface area contributed by atoms with Gasteiger partial charge in [-0.1, -0.05) is 42.1 Å². The van der Waals surface area contributed by atoms with E-state index in [1.807, 2.05) is 30.3 Å². The average molecular weight is 451 g/mol. The van der Waals surface area contributed by atoms with Crippen molar-refractivity contribution in [1.29, 1.82) is 0 Å². The van der Waals surface area contributed by atoms with Crippen molar-refractivity contribution in [3.8, 4) is 5.69 Å². The quantitative estimate of drug-likeness (QED) is 0.323. The summed E-state index contributed by atoms with van der Waals surface area (Å²) in [6, 6.07) is 18.8. The minimum Gasteiger partial charge on any atom is -0.315 e. The summed E-state index contributed by atoms with van der Waals surface area (Å²) in [6.45, 7) is 1.69. The van der Waals surface area contributed by atoms with Gasteiger partial charge < -0.3 is 4.90 Å². The fourth-order valence-corrected chi connectivity index (χ4v) is 4.34. The summed E-state index contributed by atoms with van der Waals surface area (Å²) in [4.78, 5) is 32.3. The number of thioether (sulfide) groups is 1. The lowest BCUT2D eigenvalue weighted by molar-refractivity contribution is -0.117. The molecule has 0 aliphatic carbocycles. The van der Waals surface area contributed by atoms with Crippen LogP contribution in [0.3, 0.4) is 0 Å². The summed E-state index contributed by atoms with van der Waals surface area (Å²) in [5, 5.41) is -0.203. The van der Waals surface area contributed by atoms with Gasteiger partial charge in [-0.15, -0.1) is 0 Å². The summed E-state index contributed by atoms with van der Waals surface area (Å²) < 4.78 is 29.2. The van der Waals surface area contributed by atoms with E-state index in [-0.39, 0.29) is 16.8 Å². The lowest BCUT2D eigenvalue weighted by Crippen LogP contribution is -2.34. The number of hydrogen-bond acceptors (Lipinski definition) is 4. The summed E-state index contributed by atoms with van der Waals surface area (Å²) in [5.41, 5.74) is 0.515. The van der Waals surface area contributed by atoms with Crippen LogP contribution in [0.2, 0.25) is 0 Å². The van der Waals surface area contributed by atoms with Crippen molar-refractivity contribution in [2.75, 3.05) is 11.9 Å². The first kappa shape index (κ1) is 21.7. The molecule has 32 heavy (non-hydrogen) atoms. The number of rotatable bonds is 5. The summed E-state index contributed by atoms with van der Waals surface area (Å²) in [7, 11) is 1.66. The van der Waals surface area contributed by atoms with E-state index in [2.05, 4.69) is 4.98 Å². The third kappa shape index (κ3) is 4.13. The van der Waals surface area contributed by atoms with E-state index in [0.29, 0.717) is 17.0 Å². The third-order valence-electron chi connectivity index (χ3n) is 5.00. The van der Waals surface area contributed by atoms with Gasteiger partial charge in [-0.05, 0) is 43.3 Å². The molecule has 4 aromatic rings. The van der Waals surface area contributed by atoms with Crippen LogP contribution in [-0.2, 0) is 4.79 Å². The van der Waals surface area contributed by atoms with Crippen molar-refractivity contribution in [2.24, 2.45) is 0 Å². The molecule has 8 heteroatoms. The van der Waals surface area contributed by atoms with Crippen molar-refractivity contribution in [1.82, 2.24) is 9.55 Å². The van der Waals surface area contributed by atoms with Crippen molar-refractivity contribution in [3.05, 3.63) is 94.8 Å². The zero-order chi connectivity index (χ0) is 22.8. The van der Waals surface area contributed by atoms with E-state index in [4.69, 9.17) is 0 Å². The number of nitrogens with zero attached hydrogens (tertiary/aromatic N) is 3. The van der Waals surface area contributed by atoms with Crippen LogP contribution in [0.1, 0.15) is 6.92 Å². The van der Waals surface area contributed by atoms with E-state index < -0.39 is 22.4 Å². The van der Waals surface area contributed by atoms with E-state index >= 15 is 0 Å². The average Bonchev–Trinajstić information content (AvgIpc) is 2.80. The molecular weight excluding hydrogens is 432 g/mol. The number of amides is 1. The highest BCUT2D eigenvalue weighted by molar-refractivity contribution is 8.00. The molecule has 0 saturated carbocycles. The van der Waals surface area contributed by atoms with Crippen LogP contribution in [-0.4, -0.2) is 27.8 Å². The molecule has 0 aliphatic rings. The summed E-state index contributed by atoms with van der Waals surface area (Å²) in [6.07, 6.45) is 0. The summed E-state index contributed by atoms with van der Waals surface area (Å²) in [5.74, 6) is -1.86. The zero-order valence-corrected chi connectivity index (χ0v) is 18.1. The van der Waals surface area contributed by atoms with Gasteiger partial charge in [0.15, 0.2) is 5.16 Å². The van der Waals surface area contributed by atoms with Crippen LogP contribution in [0.25, 0.3) is 16.6 Å². The molecule has 0 N–H and O–H groups in total. The molecule has 1 atom stereocenters. The van der Waals surface area contributed by atoms with Gasteiger partial charge in [-0.25, -0.2) is 13.8 Å². The van der Waals surface area contributed by atoms with Crippen LogP contribution in [0.5, 0.6) is 0 Å². The highest BCUT2D eigenvalue weighted by Crippen LogP contribution is 2.28. The fourth-order valence-electron chi connectivity index (χ4n) is 3.33. The molecule has 0 aliphatic heterocycles. The normalized spacial score (nSPS) is 12.0. The fraction of sp³-hybridized carbons (Fsp3) is 0.125. The lowest BCUT2D eigenvalue weighted by atomic mass is 10.2. The van der Waals surface area contributed by atoms with Gasteiger partial charge in [0, 0.05) is 18.8 Å². The maximum absolute atomic E-state index is 14.6. The maximum atomic E-state index is 14.6. The Morgan fingerprint density at radius 3 is 2.44 bits per heavy atom. The lowest BCUT2D eigenvalue weighted by Gasteiger charge is -2.22. The number of hydrogen-bond donors (Lipinski definition) is 0. The number of aromatic nitrogens is 2. The molecule has 0 fully saturated rings. The minimum atomic E-state index is -0.897. The van der Waals surface area contributed by atoms with Gasteiger partial charge in [0.2, 0.25) is 5.91 Å². The van der Waals surface area contributed by atoms with E-state index in [1.54, 1.807) is 38.2 Å². The molecule has 0 saturated heterocycles. The molecule has 0 spiro atoms. The Kier molecular flexibility index (Phi) is 6.05. The van der Waals surface area contributed by atoms with Crippen LogP contribution in [0.15, 0.2) is 82.7 Å². The number of carbonyl (C=O) groups excluding carboxylic acids is 1. The second-order valence-corrected chi connectivity index (χ2v) is 8.45. The van der Waals surface area contributed by atoms with Crippen LogP contribution in [0.4, 0.5) is 14.5 Å². The van der Waals surface area contributed by atoms with Crippen molar-refractivity contribution in [2.45, 2.75) is 17.3 Å². The highest BCUT2D eigenvalue weighted by Gasteiger charge is 2.24. The van der Waals surface area contributed by atoms with Crippen LogP contribution >= 0.6 is 11.8 Å². The first-order valence-electron chi connectivity index (χ1n) is 9.83. The van der Waals surface area contributed by atoms with Crippen molar-refractivity contribution in [3.63, 3.8) is 0 Å². The minimum absolute atomic E-state index is 0.131. The Labute approximate surface area is 187 Å². The molecule has 0 radical (unpaired) electrons. The predicted molar refractivity (Wildman–Crippen MR) is 122 cm³/mol. The van der Waals surface area contributed by atoms with E-state index in [1.165, 1.54) is 11.0 Å².